The van der Waals surface area contributed by atoms with Gasteiger partial charge in [0.2, 0.25) is 0 Å². The van der Waals surface area contributed by atoms with Crippen molar-refractivity contribution in [2.45, 2.75) is 149 Å². The summed E-state index contributed by atoms with van der Waals surface area (Å²) >= 11 is 0. The average molecular weight is 1420 g/mol. The van der Waals surface area contributed by atoms with Gasteiger partial charge in [-0.1, -0.05) is 127 Å². The molecule has 8 N–H and O–H groups in total. The zero-order chi connectivity index (χ0) is 74.7. The maximum Gasteiger partial charge on any atom is 0.190 e. The van der Waals surface area contributed by atoms with Gasteiger partial charge in [0.05, 0.1) is 68.1 Å². The highest BCUT2D eigenvalue weighted by molar-refractivity contribution is 6.40. The lowest BCUT2D eigenvalue weighted by atomic mass is 9.78. The van der Waals surface area contributed by atoms with Gasteiger partial charge in [-0.15, -0.1) is 0 Å². The second-order valence-corrected chi connectivity index (χ2v) is 28.7. The van der Waals surface area contributed by atoms with Crippen LogP contribution in [0.1, 0.15) is 163 Å². The fourth-order valence-corrected chi connectivity index (χ4v) is 17.8. The van der Waals surface area contributed by atoms with E-state index in [1.165, 1.54) is 62.1 Å². The first kappa shape index (κ1) is 72.1. The minimum atomic E-state index is -0.886. The first-order chi connectivity index (χ1) is 51.3. The molecule has 0 fully saturated rings. The van der Waals surface area contributed by atoms with Crippen molar-refractivity contribution in [3.8, 4) is 34.5 Å². The number of nitrogens with zero attached hydrogens (tertiary/aromatic N) is 1. The monoisotopic (exact) mass is 1420 g/mol. The van der Waals surface area contributed by atoms with Gasteiger partial charge in [-0.25, -0.2) is 0 Å². The summed E-state index contributed by atoms with van der Waals surface area (Å²) in [6, 6.07) is 36.1. The van der Waals surface area contributed by atoms with E-state index in [0.717, 1.165) is 81.1 Å². The topological polar surface area (TPSA) is 278 Å². The molecule has 540 valence electrons. The highest BCUT2D eigenvalue weighted by Crippen LogP contribution is 2.59. The lowest BCUT2D eigenvalue weighted by molar-refractivity contribution is -0.117. The smallest absolute Gasteiger partial charge is 0.190 e. The van der Waals surface area contributed by atoms with Crippen LogP contribution < -0.4 is 31.2 Å². The lowest BCUT2D eigenvalue weighted by Gasteiger charge is -2.26. The van der Waals surface area contributed by atoms with E-state index >= 15 is 0 Å². The Labute approximate surface area is 611 Å². The number of aromatic hydroxyl groups is 4. The van der Waals surface area contributed by atoms with Gasteiger partial charge in [0, 0.05) is 62.0 Å². The number of carbonyl (C=O) groups excluding carboxylic acids is 1. The summed E-state index contributed by atoms with van der Waals surface area (Å²) in [5.74, 6) is -2.50. The van der Waals surface area contributed by atoms with Crippen LogP contribution in [0.4, 0.5) is 0 Å². The molecule has 13 aromatic carbocycles. The number of fused-ring (bicyclic) bond motifs is 2. The van der Waals surface area contributed by atoms with Crippen molar-refractivity contribution in [2.24, 2.45) is 4.99 Å². The van der Waals surface area contributed by atoms with Crippen LogP contribution in [-0.2, 0) is 63.3 Å². The van der Waals surface area contributed by atoms with Gasteiger partial charge in [-0.3, -0.25) is 29.0 Å². The number of phenolic OH excluding ortho intramolecular Hbond substituents is 4. The number of aliphatic imine (C=N–C) groups is 1. The molecule has 0 bridgehead atoms. The van der Waals surface area contributed by atoms with Gasteiger partial charge in [0.15, 0.2) is 44.7 Å². The minimum Gasteiger partial charge on any atom is -0.507 e. The number of ketones is 1. The molecule has 0 aliphatic heterocycles. The van der Waals surface area contributed by atoms with Crippen molar-refractivity contribution >= 4 is 110 Å². The van der Waals surface area contributed by atoms with Gasteiger partial charge in [0.25, 0.3) is 0 Å². The Morgan fingerprint density at radius 3 is 1.03 bits per heavy atom. The van der Waals surface area contributed by atoms with E-state index in [-0.39, 0.29) is 67.2 Å². The minimum absolute atomic E-state index is 0.0223. The number of unbranched alkanes of at least 4 members (excludes halogenated alkanes) is 5. The Morgan fingerprint density at radius 1 is 0.377 bits per heavy atom. The Kier molecular flexibility index (Phi) is 20.1. The summed E-state index contributed by atoms with van der Waals surface area (Å²) in [5.41, 5.74) is 8.74. The van der Waals surface area contributed by atoms with E-state index < -0.39 is 65.7 Å². The number of phenols is 4. The standard InChI is InChI=1S/C50H49NO7.C40H36O8/c1-28-23-35-34(21-12-6-11-19-30-15-7-4-8-16-30)48(56)42-36(54)24-32(26-52)39-40-33(27-53)25-37(55)43-45(40)46(41(35)44(39)42)47(50(58-3)49(43)57)38(28)29(2)51-22-14-13-20-31-17-9-5-10-18-31;1-19-14-25-24(13-9-5-8-12-21-10-6-4-7-11-21)38(46)32-26(44)15-22(17-41)29-30-23(18-42)16-27(45)33-35(30)36(31(25)34(29)32)37(28(19)20(2)43)40(48-3)39(33)47/h4-5,7-10,15-18,23-25,38,52-53,56-57H,6,11-14,19-22,26-27H2,1-3H3;4,6-7,10-11,14-16,28,41-42,46-47H,5,8-9,12-13,17-18H2,1-3H3. The summed E-state index contributed by atoms with van der Waals surface area (Å²) in [7, 11) is 2.84. The third-order valence-corrected chi connectivity index (χ3v) is 22.4. The van der Waals surface area contributed by atoms with Gasteiger partial charge in [-0.05, 0) is 216 Å². The molecule has 0 spiro atoms. The molecule has 2 aliphatic carbocycles. The van der Waals surface area contributed by atoms with Crippen molar-refractivity contribution in [3.63, 3.8) is 0 Å². The van der Waals surface area contributed by atoms with E-state index in [1.807, 2.05) is 81.4 Å². The third-order valence-electron chi connectivity index (χ3n) is 22.4. The molecular weight excluding hydrogens is 1330 g/mol. The van der Waals surface area contributed by atoms with Crippen molar-refractivity contribution in [1.29, 1.82) is 0 Å². The molecule has 0 amide bonds. The van der Waals surface area contributed by atoms with E-state index in [9.17, 15) is 64.8 Å². The predicted molar refractivity (Wildman–Crippen MR) is 422 cm³/mol. The van der Waals surface area contributed by atoms with Crippen LogP contribution in [0.3, 0.4) is 0 Å². The van der Waals surface area contributed by atoms with E-state index in [4.69, 9.17) is 14.5 Å². The van der Waals surface area contributed by atoms with Crippen LogP contribution in [0, 0.1) is 0 Å². The number of aliphatic hydroxyl groups is 4. The number of rotatable bonds is 25. The number of Topliss-reactive ketones (excluding diaryl/α,β-unsaturated/α-hetero) is 1. The summed E-state index contributed by atoms with van der Waals surface area (Å²) in [5, 5.41) is 96.5. The highest BCUT2D eigenvalue weighted by Gasteiger charge is 2.39. The number of aryl methyl sites for hydroxylation is 3. The van der Waals surface area contributed by atoms with Crippen molar-refractivity contribution in [2.75, 3.05) is 20.8 Å². The third kappa shape index (κ3) is 12.0. The second kappa shape index (κ2) is 29.6. The molecule has 0 radical (unpaired) electrons. The number of hydrogen-bond donors (Lipinski definition) is 8. The number of carbonyl (C=O) groups is 1. The molecule has 106 heavy (non-hydrogen) atoms. The van der Waals surface area contributed by atoms with Crippen LogP contribution in [0.25, 0.3) is 98.3 Å². The molecule has 2 aliphatic rings. The Balaban J connectivity index is 0.000000181. The van der Waals surface area contributed by atoms with Crippen LogP contribution in [0.15, 0.2) is 151 Å². The van der Waals surface area contributed by atoms with E-state index in [2.05, 4.69) is 42.5 Å². The van der Waals surface area contributed by atoms with Crippen LogP contribution in [0.5, 0.6) is 34.5 Å². The molecule has 16 nitrogen and oxygen atoms in total. The number of ether oxygens (including phenoxy) is 2. The zero-order valence-electron chi connectivity index (χ0n) is 60.4. The van der Waals surface area contributed by atoms with Crippen molar-refractivity contribution < 1.29 is 55.1 Å². The zero-order valence-corrected chi connectivity index (χ0v) is 60.4. The molecule has 13 aromatic rings. The molecule has 0 saturated carbocycles. The molecule has 0 heterocycles. The maximum atomic E-state index is 14.2. The summed E-state index contributed by atoms with van der Waals surface area (Å²) in [4.78, 5) is 74.5. The summed E-state index contributed by atoms with van der Waals surface area (Å²) in [6.45, 7) is 5.75. The number of benzene rings is 13. The molecule has 2 unspecified atom stereocenters. The highest BCUT2D eigenvalue weighted by atomic mass is 16.5. The fourth-order valence-electron chi connectivity index (χ4n) is 17.8. The van der Waals surface area contributed by atoms with Crippen molar-refractivity contribution in [1.82, 2.24) is 0 Å². The normalized spacial score (nSPS) is 14.4. The Hall–Kier alpha value is -10.9. The molecule has 16 heteroatoms. The molecule has 0 saturated heterocycles. The molecule has 0 aromatic heterocycles. The van der Waals surface area contributed by atoms with Gasteiger partial charge >= 0.3 is 0 Å². The second-order valence-electron chi connectivity index (χ2n) is 28.7. The van der Waals surface area contributed by atoms with Gasteiger partial charge in [0.1, 0.15) is 17.3 Å². The van der Waals surface area contributed by atoms with E-state index in [1.54, 1.807) is 0 Å². The van der Waals surface area contributed by atoms with E-state index in [0.29, 0.717) is 135 Å². The lowest BCUT2D eigenvalue weighted by Crippen LogP contribution is -2.15. The fraction of sp³-hybridized carbons (Fsp3) is 0.289. The molecule has 2 atom stereocenters. The van der Waals surface area contributed by atoms with Crippen LogP contribution in [0.2, 0.25) is 0 Å². The average Bonchev–Trinajstić information content (AvgIpc) is 1.15. The molecule has 15 rings (SSSR count). The Bertz CT molecular complexity index is 6010. The number of allylic oxidation sites excluding steroid dienone is 2. The van der Waals surface area contributed by atoms with Gasteiger partial charge < -0.3 is 50.3 Å². The van der Waals surface area contributed by atoms with Crippen LogP contribution in [-0.4, -0.2) is 73.1 Å². The number of aliphatic hydroxyl groups excluding tert-OH is 4. The molecular formula is C90H85NO15. The Morgan fingerprint density at radius 2 is 0.689 bits per heavy atom. The summed E-state index contributed by atoms with van der Waals surface area (Å²) in [6.07, 6.45) is 14.6. The summed E-state index contributed by atoms with van der Waals surface area (Å²) < 4.78 is 11.8. The number of hydrogen-bond acceptors (Lipinski definition) is 16. The first-order valence-corrected chi connectivity index (χ1v) is 36.6. The predicted octanol–water partition coefficient (Wildman–Crippen LogP) is 15.6. The number of methoxy groups -OCH3 is 2. The van der Waals surface area contributed by atoms with Crippen molar-refractivity contribution in [3.05, 3.63) is 240 Å². The largest absolute Gasteiger partial charge is 0.507 e. The maximum absolute atomic E-state index is 14.2. The van der Waals surface area contributed by atoms with Gasteiger partial charge in [-0.2, -0.15) is 0 Å². The first-order valence-electron chi connectivity index (χ1n) is 36.6. The van der Waals surface area contributed by atoms with Crippen LogP contribution >= 0.6 is 0 Å². The SMILES string of the molecule is COc1c(O)c2c(=O)cc(CO)c3c4c(CO)cc(=O)c5c(O)c(CCCCCc6ccccc6)c6c(c(c1C(C(C)=NCCCCc1ccccc1)C(C)=C6)c23)c54.COc1c(O)c2c(=O)cc(CO)c3c4c(CO)cc(=O)c5c(O)c(CCCCCc6ccccc6)c6c(c(c1C(C(C)=O)C(C)=C6)c23)c54. The quantitative estimate of drug-likeness (QED) is 0.0114.